The van der Waals surface area contributed by atoms with Crippen LogP contribution in [-0.2, 0) is 37.9 Å². The molecule has 0 amide bonds. The van der Waals surface area contributed by atoms with Crippen LogP contribution in [0.3, 0.4) is 0 Å². The van der Waals surface area contributed by atoms with E-state index < -0.39 is 6.85 Å². The van der Waals surface area contributed by atoms with E-state index in [2.05, 4.69) is 268 Å². The fraction of sp³-hybridized carbons (Fsp3) is 0.392. The summed E-state index contributed by atoms with van der Waals surface area (Å²) in [6.07, 6.45) is 4.35. The number of benzene rings is 8. The van der Waals surface area contributed by atoms with Crippen molar-refractivity contribution < 1.29 is 8.53 Å². The molecule has 0 unspecified atom stereocenters. The highest BCUT2D eigenvalue weighted by atomic mass is 16.3. The van der Waals surface area contributed by atoms with Gasteiger partial charge in [-0.2, -0.15) is 0 Å². The topological polar surface area (TPSA) is 22.9 Å². The molecule has 2 aliphatic heterocycles. The van der Waals surface area contributed by atoms with E-state index in [9.17, 15) is 4.11 Å². The molecule has 0 spiro atoms. The molecular formula is C79H90BN3O. The van der Waals surface area contributed by atoms with Crippen LogP contribution in [0.4, 0.5) is 51.2 Å². The van der Waals surface area contributed by atoms with Crippen LogP contribution in [0, 0.1) is 20.7 Å². The third-order valence-corrected chi connectivity index (χ3v) is 20.6. The summed E-state index contributed by atoms with van der Waals surface area (Å²) in [7, 11) is 0. The van der Waals surface area contributed by atoms with Crippen LogP contribution in [0.25, 0.3) is 21.9 Å². The number of anilines is 9. The summed E-state index contributed by atoms with van der Waals surface area (Å²) in [4.78, 5) is 7.35. The zero-order chi connectivity index (χ0) is 62.4. The number of fused-ring (bicyclic) bond motifs is 9. The van der Waals surface area contributed by atoms with Crippen molar-refractivity contribution in [2.45, 2.75) is 202 Å². The van der Waals surface area contributed by atoms with Crippen LogP contribution in [0.5, 0.6) is 0 Å². The number of nitrogens with zero attached hydrogens (tertiary/aromatic N) is 3. The average Bonchev–Trinajstić information content (AvgIpc) is 0.964. The van der Waals surface area contributed by atoms with Gasteiger partial charge in [-0.05, 0) is 235 Å². The van der Waals surface area contributed by atoms with E-state index in [1.165, 1.54) is 61.0 Å². The summed E-state index contributed by atoms with van der Waals surface area (Å²) < 4.78 is 35.1. The molecule has 8 aromatic carbocycles. The molecule has 4 nitrogen and oxygen atoms in total. The van der Waals surface area contributed by atoms with Gasteiger partial charge in [0.05, 0.1) is 0 Å². The molecule has 3 heterocycles. The SMILES string of the molecule is [2H]C([2H])([2H])c1cc2c3c(c1)N(c1ccc4c(c1)C(C)(C)CCC4(C)C)c1cc4c(cc1B3c1ccc(N(c3ccc(C(C)(C)C)cc3C)c3ccc(C(C)(C)C)cc3C)cc1N2c1ccc2oc3cc(C(C)(C)C)ccc3c2c1)C(C)(C)CCC4(C)C. The quantitative estimate of drug-likeness (QED) is 0.160. The Morgan fingerprint density at radius 2 is 0.929 bits per heavy atom. The van der Waals surface area contributed by atoms with Gasteiger partial charge in [0, 0.05) is 66.1 Å². The Morgan fingerprint density at radius 1 is 0.440 bits per heavy atom. The van der Waals surface area contributed by atoms with Gasteiger partial charge in [-0.3, -0.25) is 0 Å². The smallest absolute Gasteiger partial charge is 0.252 e. The Labute approximate surface area is 508 Å². The standard InChI is InChI=1S/C79H90BN3O/c1-47-37-68-72-69(38-47)83(54-24-28-58-59(43-54)77(15,16)34-33-76(58,13)14)67-46-61-60(78(17,18)35-36-79(61,19)20)45-63(67)80(72)62-29-25-55(44-66(62)82(68)53-26-32-70-57(42-53)56-27-21-52(75(10,11)12)41-71(56)84-70)81(64-30-22-50(39-48(64)2)73(4,5)6)65-31-23-51(40-49(65)3)74(7,8)9/h21-32,37-46H,33-36H2,1-20H3/i1D3. The molecule has 4 aliphatic rings. The summed E-state index contributed by atoms with van der Waals surface area (Å²) >= 11 is 0. The Bertz CT molecular complexity index is 4280. The molecule has 0 N–H and O–H groups in total. The fourth-order valence-electron chi connectivity index (χ4n) is 15.0. The molecule has 5 heteroatoms. The number of hydrogen-bond acceptors (Lipinski definition) is 4. The van der Waals surface area contributed by atoms with Crippen LogP contribution >= 0.6 is 0 Å². The normalized spacial score (nSPS) is 18.1. The third kappa shape index (κ3) is 8.89. The van der Waals surface area contributed by atoms with Gasteiger partial charge in [-0.15, -0.1) is 0 Å². The van der Waals surface area contributed by atoms with E-state index in [1.54, 1.807) is 0 Å². The third-order valence-electron chi connectivity index (χ3n) is 20.6. The molecule has 0 saturated heterocycles. The molecule has 84 heavy (non-hydrogen) atoms. The van der Waals surface area contributed by atoms with Crippen molar-refractivity contribution in [3.05, 3.63) is 189 Å². The first-order chi connectivity index (χ1) is 40.4. The lowest BCUT2D eigenvalue weighted by molar-refractivity contribution is 0.332. The Kier molecular flexibility index (Phi) is 11.6. The maximum atomic E-state index is 9.45. The second kappa shape index (κ2) is 18.5. The van der Waals surface area contributed by atoms with Gasteiger partial charge < -0.3 is 19.1 Å². The molecule has 1 aromatic heterocycles. The van der Waals surface area contributed by atoms with Crippen LogP contribution in [-0.4, -0.2) is 6.71 Å². The summed E-state index contributed by atoms with van der Waals surface area (Å²) in [5.41, 5.74) is 26.0. The predicted molar refractivity (Wildman–Crippen MR) is 363 cm³/mol. The van der Waals surface area contributed by atoms with Crippen molar-refractivity contribution in [3.63, 3.8) is 0 Å². The summed E-state index contributed by atoms with van der Waals surface area (Å²) in [6.45, 7) is 41.6. The van der Waals surface area contributed by atoms with E-state index in [4.69, 9.17) is 4.42 Å². The lowest BCUT2D eigenvalue weighted by Crippen LogP contribution is -2.62. The minimum absolute atomic E-state index is 0.0153. The first-order valence-electron chi connectivity index (χ1n) is 32.7. The van der Waals surface area contributed by atoms with E-state index in [0.29, 0.717) is 5.56 Å². The van der Waals surface area contributed by atoms with E-state index >= 15 is 0 Å². The van der Waals surface area contributed by atoms with Crippen LogP contribution in [0.15, 0.2) is 138 Å². The lowest BCUT2D eigenvalue weighted by Gasteiger charge is -2.48. The number of furan rings is 1. The number of aryl methyl sites for hydroxylation is 3. The highest BCUT2D eigenvalue weighted by Crippen LogP contribution is 2.54. The summed E-state index contributed by atoms with van der Waals surface area (Å²) in [5, 5.41) is 2.06. The zero-order valence-corrected chi connectivity index (χ0v) is 53.9. The number of hydrogen-bond donors (Lipinski definition) is 0. The van der Waals surface area contributed by atoms with Gasteiger partial charge in [-0.1, -0.05) is 172 Å². The second-order valence-electron chi connectivity index (χ2n) is 31.6. The van der Waals surface area contributed by atoms with Crippen molar-refractivity contribution in [2.75, 3.05) is 14.7 Å². The van der Waals surface area contributed by atoms with Crippen LogP contribution in [0.1, 0.15) is 203 Å². The molecule has 13 rings (SSSR count). The molecule has 0 atom stereocenters. The minimum atomic E-state index is -2.44. The van der Waals surface area contributed by atoms with Crippen molar-refractivity contribution >= 4 is 96.2 Å². The van der Waals surface area contributed by atoms with Crippen molar-refractivity contribution in [1.29, 1.82) is 0 Å². The van der Waals surface area contributed by atoms with Crippen molar-refractivity contribution in [2.24, 2.45) is 0 Å². The Morgan fingerprint density at radius 3 is 1.48 bits per heavy atom. The Balaban J connectivity index is 1.15. The average molecular weight is 1110 g/mol. The predicted octanol–water partition coefficient (Wildman–Crippen LogP) is 20.7. The summed E-state index contributed by atoms with van der Waals surface area (Å²) in [6, 6.07) is 50.8. The fourth-order valence-corrected chi connectivity index (χ4v) is 15.0. The lowest BCUT2D eigenvalue weighted by atomic mass is 9.33. The molecule has 2 aliphatic carbocycles. The van der Waals surface area contributed by atoms with Gasteiger partial charge in [-0.25, -0.2) is 0 Å². The van der Waals surface area contributed by atoms with E-state index in [0.717, 1.165) is 104 Å². The Hall–Kier alpha value is -6.98. The first-order valence-corrected chi connectivity index (χ1v) is 31.2. The largest absolute Gasteiger partial charge is 0.456 e. The zero-order valence-electron chi connectivity index (χ0n) is 56.9. The monoisotopic (exact) mass is 1110 g/mol. The van der Waals surface area contributed by atoms with Crippen molar-refractivity contribution in [3.8, 4) is 0 Å². The van der Waals surface area contributed by atoms with Gasteiger partial charge in [0.15, 0.2) is 0 Å². The highest BCUT2D eigenvalue weighted by molar-refractivity contribution is 7.00. The van der Waals surface area contributed by atoms with Gasteiger partial charge in [0.25, 0.3) is 6.71 Å². The molecule has 0 fully saturated rings. The highest BCUT2D eigenvalue weighted by Gasteiger charge is 2.48. The number of rotatable bonds is 5. The molecular weight excluding hydrogens is 1020 g/mol. The van der Waals surface area contributed by atoms with Crippen LogP contribution < -0.4 is 31.1 Å². The molecule has 0 radical (unpaired) electrons. The molecule has 9 aromatic rings. The van der Waals surface area contributed by atoms with E-state index in [1.807, 2.05) is 12.1 Å². The maximum Gasteiger partial charge on any atom is 0.252 e. The van der Waals surface area contributed by atoms with E-state index in [-0.39, 0.29) is 44.6 Å². The second-order valence-corrected chi connectivity index (χ2v) is 31.6. The minimum Gasteiger partial charge on any atom is -0.456 e. The van der Waals surface area contributed by atoms with Gasteiger partial charge in [0.1, 0.15) is 11.2 Å². The van der Waals surface area contributed by atoms with Gasteiger partial charge in [0.2, 0.25) is 0 Å². The first kappa shape index (κ1) is 52.6. The summed E-state index contributed by atoms with van der Waals surface area (Å²) in [5.74, 6) is 0. The van der Waals surface area contributed by atoms with Crippen LogP contribution in [0.2, 0.25) is 0 Å². The maximum absolute atomic E-state index is 9.45. The molecule has 430 valence electrons. The van der Waals surface area contributed by atoms with Crippen molar-refractivity contribution in [1.82, 2.24) is 0 Å². The molecule has 0 saturated carbocycles. The van der Waals surface area contributed by atoms with Gasteiger partial charge >= 0.3 is 0 Å². The molecule has 0 bridgehead atoms.